The first kappa shape index (κ1) is 14.2. The highest BCUT2D eigenvalue weighted by atomic mass is 79.9. The van der Waals surface area contributed by atoms with E-state index in [4.69, 9.17) is 0 Å². The van der Waals surface area contributed by atoms with Gasteiger partial charge in [-0.1, -0.05) is 19.8 Å². The number of nitrogens with zero attached hydrogens (tertiary/aromatic N) is 1. The van der Waals surface area contributed by atoms with Gasteiger partial charge in [-0.05, 0) is 59.9 Å². The summed E-state index contributed by atoms with van der Waals surface area (Å²) >= 11 is 4.94. The molecule has 1 fully saturated rings. The summed E-state index contributed by atoms with van der Waals surface area (Å²) in [6.07, 6.45) is 5.15. The zero-order chi connectivity index (χ0) is 13.0. The van der Waals surface area contributed by atoms with Crippen molar-refractivity contribution in [3.05, 3.63) is 20.8 Å². The number of likely N-dealkylation sites (tertiary alicyclic amines) is 1. The van der Waals surface area contributed by atoms with Crippen LogP contribution in [0.1, 0.15) is 42.3 Å². The third-order valence-electron chi connectivity index (χ3n) is 3.62. The van der Waals surface area contributed by atoms with Crippen LogP contribution in [0, 0.1) is 5.92 Å². The Morgan fingerprint density at radius 3 is 2.72 bits per heavy atom. The van der Waals surface area contributed by atoms with Gasteiger partial charge in [0.1, 0.15) is 0 Å². The number of thiophene rings is 1. The van der Waals surface area contributed by atoms with Crippen LogP contribution in [0.2, 0.25) is 0 Å². The molecule has 0 aromatic carbocycles. The standard InChI is InChI=1S/C14H20BrNOS/c1-2-3-11-6-8-16(9-7-11)10-12(17)13-4-5-14(15)18-13/h4-5,11H,2-3,6-10H2,1H3. The Kier molecular flexibility index (Phi) is 5.39. The Morgan fingerprint density at radius 1 is 1.44 bits per heavy atom. The van der Waals surface area contributed by atoms with E-state index in [0.717, 1.165) is 27.7 Å². The summed E-state index contributed by atoms with van der Waals surface area (Å²) in [4.78, 5) is 15.3. The number of Topliss-reactive ketones (excluding diaryl/α,β-unsaturated/α-hetero) is 1. The van der Waals surface area contributed by atoms with Gasteiger partial charge in [-0.15, -0.1) is 11.3 Å². The minimum absolute atomic E-state index is 0.264. The van der Waals surface area contributed by atoms with Crippen molar-refractivity contribution in [1.82, 2.24) is 4.90 Å². The maximum absolute atomic E-state index is 12.1. The average Bonchev–Trinajstić information content (AvgIpc) is 2.79. The van der Waals surface area contributed by atoms with Gasteiger partial charge in [-0.3, -0.25) is 9.69 Å². The highest BCUT2D eigenvalue weighted by molar-refractivity contribution is 9.11. The van der Waals surface area contributed by atoms with Gasteiger partial charge in [0.25, 0.3) is 0 Å². The van der Waals surface area contributed by atoms with Crippen LogP contribution in [0.5, 0.6) is 0 Å². The summed E-state index contributed by atoms with van der Waals surface area (Å²) in [5, 5.41) is 0. The molecule has 2 heterocycles. The van der Waals surface area contributed by atoms with E-state index in [1.165, 1.54) is 37.0 Å². The summed E-state index contributed by atoms with van der Waals surface area (Å²) < 4.78 is 1.03. The second-order valence-corrected chi connectivity index (χ2v) is 7.50. The summed E-state index contributed by atoms with van der Waals surface area (Å²) in [5.74, 6) is 1.15. The van der Waals surface area contributed by atoms with Gasteiger partial charge in [0.05, 0.1) is 15.2 Å². The lowest BCUT2D eigenvalue weighted by atomic mass is 9.92. The van der Waals surface area contributed by atoms with Crippen molar-refractivity contribution in [3.8, 4) is 0 Å². The van der Waals surface area contributed by atoms with Crippen molar-refractivity contribution in [2.45, 2.75) is 32.6 Å². The molecular weight excluding hydrogens is 310 g/mol. The van der Waals surface area contributed by atoms with E-state index in [0.29, 0.717) is 6.54 Å². The predicted molar refractivity (Wildman–Crippen MR) is 80.4 cm³/mol. The predicted octanol–water partition coefficient (Wildman–Crippen LogP) is 4.21. The van der Waals surface area contributed by atoms with E-state index in [1.807, 2.05) is 12.1 Å². The molecule has 0 aliphatic carbocycles. The van der Waals surface area contributed by atoms with Crippen LogP contribution in [-0.4, -0.2) is 30.3 Å². The Balaban J connectivity index is 1.79. The molecule has 1 saturated heterocycles. The van der Waals surface area contributed by atoms with Gasteiger partial charge in [-0.2, -0.15) is 0 Å². The molecule has 1 aliphatic rings. The van der Waals surface area contributed by atoms with E-state index >= 15 is 0 Å². The van der Waals surface area contributed by atoms with Gasteiger partial charge in [0.15, 0.2) is 5.78 Å². The lowest BCUT2D eigenvalue weighted by molar-refractivity contribution is 0.0897. The third-order valence-corrected chi connectivity index (χ3v) is 5.28. The van der Waals surface area contributed by atoms with Gasteiger partial charge in [0.2, 0.25) is 0 Å². The van der Waals surface area contributed by atoms with Crippen molar-refractivity contribution < 1.29 is 4.79 Å². The van der Waals surface area contributed by atoms with Gasteiger partial charge >= 0.3 is 0 Å². The maximum atomic E-state index is 12.1. The molecule has 0 unspecified atom stereocenters. The van der Waals surface area contributed by atoms with Crippen molar-refractivity contribution in [1.29, 1.82) is 0 Å². The molecule has 18 heavy (non-hydrogen) atoms. The van der Waals surface area contributed by atoms with Crippen molar-refractivity contribution in [3.63, 3.8) is 0 Å². The molecule has 0 atom stereocenters. The van der Waals surface area contributed by atoms with Crippen molar-refractivity contribution in [2.24, 2.45) is 5.92 Å². The highest BCUT2D eigenvalue weighted by Crippen LogP contribution is 2.24. The number of hydrogen-bond donors (Lipinski definition) is 0. The monoisotopic (exact) mass is 329 g/mol. The molecule has 1 aromatic heterocycles. The lowest BCUT2D eigenvalue weighted by Crippen LogP contribution is -2.37. The van der Waals surface area contributed by atoms with Crippen LogP contribution in [0.3, 0.4) is 0 Å². The summed E-state index contributed by atoms with van der Waals surface area (Å²) in [6.45, 7) is 5.02. The number of ketones is 1. The first-order valence-electron chi connectivity index (χ1n) is 6.70. The van der Waals surface area contributed by atoms with Crippen LogP contribution >= 0.6 is 27.3 Å². The molecule has 0 radical (unpaired) electrons. The molecule has 0 amide bonds. The van der Waals surface area contributed by atoms with E-state index in [-0.39, 0.29) is 5.78 Å². The smallest absolute Gasteiger partial charge is 0.186 e. The Bertz CT molecular complexity index is 396. The summed E-state index contributed by atoms with van der Waals surface area (Å²) in [7, 11) is 0. The molecule has 2 rings (SSSR count). The Labute approximate surface area is 122 Å². The molecule has 0 spiro atoms. The average molecular weight is 330 g/mol. The van der Waals surface area contributed by atoms with E-state index in [2.05, 4.69) is 27.8 Å². The molecule has 2 nitrogen and oxygen atoms in total. The fourth-order valence-electron chi connectivity index (χ4n) is 2.59. The van der Waals surface area contributed by atoms with Crippen LogP contribution in [0.25, 0.3) is 0 Å². The lowest BCUT2D eigenvalue weighted by Gasteiger charge is -2.31. The molecule has 0 N–H and O–H groups in total. The highest BCUT2D eigenvalue weighted by Gasteiger charge is 2.21. The minimum Gasteiger partial charge on any atom is -0.296 e. The Hall–Kier alpha value is -0.190. The van der Waals surface area contributed by atoms with Crippen molar-refractivity contribution >= 4 is 33.0 Å². The maximum Gasteiger partial charge on any atom is 0.186 e. The largest absolute Gasteiger partial charge is 0.296 e. The second kappa shape index (κ2) is 6.83. The summed E-state index contributed by atoms with van der Waals surface area (Å²) in [5.41, 5.74) is 0. The van der Waals surface area contributed by atoms with Crippen LogP contribution < -0.4 is 0 Å². The molecule has 100 valence electrons. The number of halogens is 1. The molecule has 1 aromatic rings. The van der Waals surface area contributed by atoms with Crippen LogP contribution in [0.15, 0.2) is 15.9 Å². The van der Waals surface area contributed by atoms with Crippen LogP contribution in [-0.2, 0) is 0 Å². The van der Waals surface area contributed by atoms with Gasteiger partial charge in [-0.25, -0.2) is 0 Å². The number of hydrogen-bond acceptors (Lipinski definition) is 3. The van der Waals surface area contributed by atoms with Crippen LogP contribution in [0.4, 0.5) is 0 Å². The molecule has 0 bridgehead atoms. The second-order valence-electron chi connectivity index (χ2n) is 5.04. The zero-order valence-electron chi connectivity index (χ0n) is 10.8. The first-order chi connectivity index (χ1) is 8.69. The topological polar surface area (TPSA) is 20.3 Å². The molecule has 4 heteroatoms. The third kappa shape index (κ3) is 3.90. The molecule has 1 aliphatic heterocycles. The van der Waals surface area contributed by atoms with Crippen molar-refractivity contribution in [2.75, 3.05) is 19.6 Å². The zero-order valence-corrected chi connectivity index (χ0v) is 13.2. The summed E-state index contributed by atoms with van der Waals surface area (Å²) in [6, 6.07) is 3.87. The molecule has 0 saturated carbocycles. The van der Waals surface area contributed by atoms with Gasteiger partial charge in [0, 0.05) is 0 Å². The molecular formula is C14H20BrNOS. The van der Waals surface area contributed by atoms with E-state index < -0.39 is 0 Å². The van der Waals surface area contributed by atoms with E-state index in [1.54, 1.807) is 0 Å². The fourth-order valence-corrected chi connectivity index (χ4v) is 3.90. The normalized spacial score (nSPS) is 18.1. The Morgan fingerprint density at radius 2 is 2.17 bits per heavy atom. The van der Waals surface area contributed by atoms with Gasteiger partial charge < -0.3 is 0 Å². The minimum atomic E-state index is 0.264. The number of rotatable bonds is 5. The number of piperidine rings is 1. The number of carbonyl (C=O) groups is 1. The first-order valence-corrected chi connectivity index (χ1v) is 8.31. The van der Waals surface area contributed by atoms with E-state index in [9.17, 15) is 4.79 Å². The number of carbonyl (C=O) groups excluding carboxylic acids is 1. The SMILES string of the molecule is CCCC1CCN(CC(=O)c2ccc(Br)s2)CC1. The fraction of sp³-hybridized carbons (Fsp3) is 0.643. The quantitative estimate of drug-likeness (QED) is 0.754.